The Kier molecular flexibility index (Phi) is 5.73. The van der Waals surface area contributed by atoms with Crippen LogP contribution >= 0.6 is 22.9 Å². The van der Waals surface area contributed by atoms with Crippen LogP contribution in [0.4, 0.5) is 0 Å². The van der Waals surface area contributed by atoms with Gasteiger partial charge in [0.25, 0.3) is 0 Å². The van der Waals surface area contributed by atoms with E-state index >= 15 is 0 Å². The maximum atomic E-state index is 11.0. The number of halogens is 1. The van der Waals surface area contributed by atoms with E-state index in [1.165, 1.54) is 0 Å². The summed E-state index contributed by atoms with van der Waals surface area (Å²) in [5, 5.41) is 2.94. The van der Waals surface area contributed by atoms with Gasteiger partial charge in [-0.3, -0.25) is 9.69 Å². The van der Waals surface area contributed by atoms with Crippen LogP contribution in [0.15, 0.2) is 29.6 Å². The molecular formula is C15H18ClN3OS. The first kappa shape index (κ1) is 15.9. The highest BCUT2D eigenvalue weighted by Crippen LogP contribution is 2.25. The molecule has 2 N–H and O–H groups in total. The summed E-state index contributed by atoms with van der Waals surface area (Å²) in [4.78, 5) is 17.5. The Morgan fingerprint density at radius 2 is 2.29 bits per heavy atom. The van der Waals surface area contributed by atoms with Crippen LogP contribution in [-0.4, -0.2) is 28.9 Å². The Morgan fingerprint density at radius 3 is 2.90 bits per heavy atom. The van der Waals surface area contributed by atoms with Gasteiger partial charge in [-0.2, -0.15) is 0 Å². The molecule has 6 heteroatoms. The van der Waals surface area contributed by atoms with Crippen molar-refractivity contribution < 1.29 is 4.79 Å². The summed E-state index contributed by atoms with van der Waals surface area (Å²) in [6.07, 6.45) is 0. The topological polar surface area (TPSA) is 59.2 Å². The molecule has 0 aliphatic heterocycles. The number of carbonyl (C=O) groups excluding carboxylic acids is 1. The average molecular weight is 324 g/mol. The Hall–Kier alpha value is -1.43. The van der Waals surface area contributed by atoms with Gasteiger partial charge in [0.1, 0.15) is 5.01 Å². The van der Waals surface area contributed by atoms with Crippen molar-refractivity contribution in [2.24, 2.45) is 5.73 Å². The summed E-state index contributed by atoms with van der Waals surface area (Å²) in [7, 11) is 0. The summed E-state index contributed by atoms with van der Waals surface area (Å²) >= 11 is 7.38. The average Bonchev–Trinajstić information content (AvgIpc) is 2.95. The number of amides is 1. The lowest BCUT2D eigenvalue weighted by Gasteiger charge is -2.18. The van der Waals surface area contributed by atoms with Crippen LogP contribution in [0, 0.1) is 0 Å². The Bertz CT molecular complexity index is 614. The molecule has 1 aromatic heterocycles. The van der Waals surface area contributed by atoms with Crippen LogP contribution in [0.25, 0.3) is 10.6 Å². The van der Waals surface area contributed by atoms with Crippen LogP contribution in [-0.2, 0) is 17.2 Å². The number of aromatic nitrogens is 1. The fraction of sp³-hybridized carbons (Fsp3) is 0.333. The molecule has 0 spiro atoms. The van der Waals surface area contributed by atoms with Crippen molar-refractivity contribution in [1.29, 1.82) is 0 Å². The number of rotatable bonds is 7. The van der Waals surface area contributed by atoms with E-state index in [-0.39, 0.29) is 12.5 Å². The van der Waals surface area contributed by atoms with E-state index in [0.717, 1.165) is 28.4 Å². The molecule has 0 saturated carbocycles. The second-order valence-corrected chi connectivity index (χ2v) is 5.87. The number of thiazole rings is 1. The zero-order valence-electron chi connectivity index (χ0n) is 11.9. The molecule has 112 valence electrons. The van der Waals surface area contributed by atoms with Gasteiger partial charge >= 0.3 is 0 Å². The highest BCUT2D eigenvalue weighted by atomic mass is 35.5. The molecule has 0 saturated heterocycles. The van der Waals surface area contributed by atoms with E-state index in [9.17, 15) is 4.79 Å². The first-order valence-corrected chi connectivity index (χ1v) is 8.14. The third-order valence-corrected chi connectivity index (χ3v) is 4.31. The van der Waals surface area contributed by atoms with Crippen LogP contribution < -0.4 is 5.73 Å². The maximum Gasteiger partial charge on any atom is 0.231 e. The molecule has 0 fully saturated rings. The number of carbonyl (C=O) groups is 1. The molecule has 0 bridgehead atoms. The Labute approximate surface area is 133 Å². The number of primary amides is 1. The fourth-order valence-corrected chi connectivity index (χ4v) is 3.11. The minimum absolute atomic E-state index is 0.272. The Morgan fingerprint density at radius 1 is 1.48 bits per heavy atom. The number of hydrogen-bond acceptors (Lipinski definition) is 4. The molecule has 1 amide bonds. The highest BCUT2D eigenvalue weighted by molar-refractivity contribution is 7.13. The van der Waals surface area contributed by atoms with Crippen LogP contribution in [0.5, 0.6) is 0 Å². The Balaban J connectivity index is 2.15. The molecule has 2 aromatic rings. The van der Waals surface area contributed by atoms with E-state index in [1.54, 1.807) is 11.3 Å². The number of nitrogens with two attached hydrogens (primary N) is 1. The van der Waals surface area contributed by atoms with Gasteiger partial charge in [0.05, 0.1) is 18.1 Å². The summed E-state index contributed by atoms with van der Waals surface area (Å²) in [6, 6.07) is 8.18. The monoisotopic (exact) mass is 323 g/mol. The van der Waals surface area contributed by atoms with Gasteiger partial charge in [0, 0.05) is 17.5 Å². The molecular weight excluding hydrogens is 306 g/mol. The highest BCUT2D eigenvalue weighted by Gasteiger charge is 2.09. The van der Waals surface area contributed by atoms with Gasteiger partial charge in [0.2, 0.25) is 5.91 Å². The van der Waals surface area contributed by atoms with E-state index < -0.39 is 0 Å². The standard InChI is InChI=1S/C15H18ClN3OS/c1-2-19(9-14(17)20)8-11-4-3-5-12(6-11)15-18-13(7-16)10-21-15/h3-6,10H,2,7-9H2,1H3,(H2,17,20). The fourth-order valence-electron chi connectivity index (χ4n) is 2.06. The number of nitrogens with zero attached hydrogens (tertiary/aromatic N) is 2. The summed E-state index contributed by atoms with van der Waals surface area (Å²) in [6.45, 7) is 3.76. The molecule has 0 atom stereocenters. The number of benzene rings is 1. The van der Waals surface area contributed by atoms with Crippen molar-refractivity contribution >= 4 is 28.8 Å². The lowest BCUT2D eigenvalue weighted by atomic mass is 10.1. The summed E-state index contributed by atoms with van der Waals surface area (Å²) in [5.41, 5.74) is 8.36. The van der Waals surface area contributed by atoms with Crippen molar-refractivity contribution in [3.63, 3.8) is 0 Å². The number of alkyl halides is 1. The third-order valence-electron chi connectivity index (χ3n) is 3.10. The molecule has 1 heterocycles. The van der Waals surface area contributed by atoms with Crippen LogP contribution in [0.1, 0.15) is 18.2 Å². The van der Waals surface area contributed by atoms with E-state index in [1.807, 2.05) is 35.4 Å². The zero-order chi connectivity index (χ0) is 15.2. The van der Waals surface area contributed by atoms with Crippen LogP contribution in [0.3, 0.4) is 0 Å². The summed E-state index contributed by atoms with van der Waals surface area (Å²) in [5.74, 6) is 0.123. The van der Waals surface area contributed by atoms with Crippen molar-refractivity contribution in [2.75, 3.05) is 13.1 Å². The maximum absolute atomic E-state index is 11.0. The van der Waals surface area contributed by atoms with Gasteiger partial charge in [-0.1, -0.05) is 25.1 Å². The van der Waals surface area contributed by atoms with E-state index in [0.29, 0.717) is 12.4 Å². The van der Waals surface area contributed by atoms with Gasteiger partial charge in [-0.05, 0) is 18.2 Å². The molecule has 0 unspecified atom stereocenters. The lowest BCUT2D eigenvalue weighted by molar-refractivity contribution is -0.119. The minimum Gasteiger partial charge on any atom is -0.369 e. The minimum atomic E-state index is -0.306. The zero-order valence-corrected chi connectivity index (χ0v) is 13.5. The molecule has 0 aliphatic rings. The second kappa shape index (κ2) is 7.54. The van der Waals surface area contributed by atoms with E-state index in [2.05, 4.69) is 11.1 Å². The predicted molar refractivity (Wildman–Crippen MR) is 87.3 cm³/mol. The number of hydrogen-bond donors (Lipinski definition) is 1. The quantitative estimate of drug-likeness (QED) is 0.797. The van der Waals surface area contributed by atoms with E-state index in [4.69, 9.17) is 17.3 Å². The molecule has 0 aliphatic carbocycles. The van der Waals surface area contributed by atoms with Crippen molar-refractivity contribution in [3.8, 4) is 10.6 Å². The van der Waals surface area contributed by atoms with Crippen LogP contribution in [0.2, 0.25) is 0 Å². The van der Waals surface area contributed by atoms with Crippen molar-refractivity contribution in [2.45, 2.75) is 19.3 Å². The van der Waals surface area contributed by atoms with Crippen molar-refractivity contribution in [3.05, 3.63) is 40.9 Å². The SMILES string of the molecule is CCN(CC(N)=O)Cc1cccc(-c2nc(CCl)cs2)c1. The van der Waals surface area contributed by atoms with Gasteiger partial charge in [-0.15, -0.1) is 22.9 Å². The molecule has 4 nitrogen and oxygen atoms in total. The predicted octanol–water partition coefficient (Wildman–Crippen LogP) is 2.86. The molecule has 2 rings (SSSR count). The summed E-state index contributed by atoms with van der Waals surface area (Å²) < 4.78 is 0. The molecule has 21 heavy (non-hydrogen) atoms. The van der Waals surface area contributed by atoms with Gasteiger partial charge in [0.15, 0.2) is 0 Å². The molecule has 1 aromatic carbocycles. The van der Waals surface area contributed by atoms with Gasteiger partial charge in [-0.25, -0.2) is 4.98 Å². The molecule has 0 radical (unpaired) electrons. The first-order chi connectivity index (χ1) is 10.1. The normalized spacial score (nSPS) is 11.0. The third kappa shape index (κ3) is 4.52. The first-order valence-electron chi connectivity index (χ1n) is 6.72. The van der Waals surface area contributed by atoms with Crippen molar-refractivity contribution in [1.82, 2.24) is 9.88 Å². The second-order valence-electron chi connectivity index (χ2n) is 4.75. The lowest BCUT2D eigenvalue weighted by Crippen LogP contribution is -2.33. The van der Waals surface area contributed by atoms with Gasteiger partial charge < -0.3 is 5.73 Å². The largest absolute Gasteiger partial charge is 0.369 e. The smallest absolute Gasteiger partial charge is 0.231 e. The number of likely N-dealkylation sites (N-methyl/N-ethyl adjacent to an activating group) is 1.